The lowest BCUT2D eigenvalue weighted by molar-refractivity contribution is 0.163. The SMILES string of the molecule is COCCC(C)C(CNCC(C)C)Cc1ccccc1C. The van der Waals surface area contributed by atoms with Gasteiger partial charge in [0, 0.05) is 13.7 Å². The van der Waals surface area contributed by atoms with Crippen molar-refractivity contribution in [3.8, 4) is 0 Å². The number of nitrogens with one attached hydrogen (secondary N) is 1. The van der Waals surface area contributed by atoms with E-state index in [1.54, 1.807) is 7.11 Å². The Balaban J connectivity index is 2.64. The molecule has 2 atom stereocenters. The minimum absolute atomic E-state index is 0.667. The van der Waals surface area contributed by atoms with Crippen LogP contribution in [0.15, 0.2) is 24.3 Å². The fourth-order valence-corrected chi connectivity index (χ4v) is 2.69. The Hall–Kier alpha value is -0.860. The van der Waals surface area contributed by atoms with Crippen molar-refractivity contribution in [2.75, 3.05) is 26.8 Å². The summed E-state index contributed by atoms with van der Waals surface area (Å²) in [7, 11) is 1.79. The number of hydrogen-bond donors (Lipinski definition) is 1. The van der Waals surface area contributed by atoms with Crippen molar-refractivity contribution < 1.29 is 4.74 Å². The van der Waals surface area contributed by atoms with Crippen molar-refractivity contribution in [3.05, 3.63) is 35.4 Å². The summed E-state index contributed by atoms with van der Waals surface area (Å²) < 4.78 is 5.26. The zero-order chi connectivity index (χ0) is 15.7. The summed E-state index contributed by atoms with van der Waals surface area (Å²) in [6, 6.07) is 8.77. The monoisotopic (exact) mass is 291 g/mol. The summed E-state index contributed by atoms with van der Waals surface area (Å²) >= 11 is 0. The maximum absolute atomic E-state index is 5.26. The number of hydrogen-bond acceptors (Lipinski definition) is 2. The third-order valence-electron chi connectivity index (χ3n) is 4.28. The lowest BCUT2D eigenvalue weighted by Crippen LogP contribution is -2.31. The molecular formula is C19H33NO. The van der Waals surface area contributed by atoms with Gasteiger partial charge in [0.25, 0.3) is 0 Å². The highest BCUT2D eigenvalue weighted by atomic mass is 16.5. The van der Waals surface area contributed by atoms with Crippen LogP contribution in [0.5, 0.6) is 0 Å². The first-order chi connectivity index (χ1) is 10.0. The van der Waals surface area contributed by atoms with Crippen molar-refractivity contribution in [2.45, 2.75) is 40.5 Å². The zero-order valence-electron chi connectivity index (χ0n) is 14.5. The lowest BCUT2D eigenvalue weighted by atomic mass is 9.85. The molecule has 0 aliphatic carbocycles. The Bertz CT molecular complexity index is 389. The van der Waals surface area contributed by atoms with Crippen LogP contribution in [0.25, 0.3) is 0 Å². The van der Waals surface area contributed by atoms with Crippen LogP contribution in [0, 0.1) is 24.7 Å². The normalized spacial score (nSPS) is 14.4. The van der Waals surface area contributed by atoms with E-state index >= 15 is 0 Å². The largest absolute Gasteiger partial charge is 0.385 e. The van der Waals surface area contributed by atoms with Crippen LogP contribution in [0.2, 0.25) is 0 Å². The highest BCUT2D eigenvalue weighted by Gasteiger charge is 2.18. The highest BCUT2D eigenvalue weighted by Crippen LogP contribution is 2.22. The molecule has 0 amide bonds. The van der Waals surface area contributed by atoms with E-state index in [4.69, 9.17) is 4.74 Å². The van der Waals surface area contributed by atoms with Crippen LogP contribution >= 0.6 is 0 Å². The topological polar surface area (TPSA) is 21.3 Å². The number of benzene rings is 1. The summed E-state index contributed by atoms with van der Waals surface area (Å²) in [4.78, 5) is 0. The highest BCUT2D eigenvalue weighted by molar-refractivity contribution is 5.26. The van der Waals surface area contributed by atoms with E-state index in [0.29, 0.717) is 17.8 Å². The first-order valence-corrected chi connectivity index (χ1v) is 8.28. The molecule has 0 radical (unpaired) electrons. The standard InChI is InChI=1S/C19H33NO/c1-15(2)13-20-14-19(17(4)10-11-21-5)12-18-9-7-6-8-16(18)3/h6-9,15,17,19-20H,10-14H2,1-5H3. The van der Waals surface area contributed by atoms with Crippen molar-refractivity contribution in [2.24, 2.45) is 17.8 Å². The molecule has 1 rings (SSSR count). The molecule has 21 heavy (non-hydrogen) atoms. The molecule has 0 aromatic heterocycles. The molecule has 0 aliphatic heterocycles. The Morgan fingerprint density at radius 2 is 1.81 bits per heavy atom. The van der Waals surface area contributed by atoms with Gasteiger partial charge in [0.05, 0.1) is 0 Å². The Morgan fingerprint density at radius 1 is 1.10 bits per heavy atom. The van der Waals surface area contributed by atoms with E-state index < -0.39 is 0 Å². The maximum atomic E-state index is 5.26. The van der Waals surface area contributed by atoms with Crippen LogP contribution in [-0.2, 0) is 11.2 Å². The molecule has 120 valence electrons. The summed E-state index contributed by atoms with van der Waals surface area (Å²) in [5.41, 5.74) is 2.89. The number of rotatable bonds is 10. The first-order valence-electron chi connectivity index (χ1n) is 8.28. The van der Waals surface area contributed by atoms with Crippen LogP contribution in [-0.4, -0.2) is 26.8 Å². The quantitative estimate of drug-likeness (QED) is 0.701. The fourth-order valence-electron chi connectivity index (χ4n) is 2.69. The van der Waals surface area contributed by atoms with E-state index in [1.165, 1.54) is 11.1 Å². The van der Waals surface area contributed by atoms with Gasteiger partial charge in [-0.15, -0.1) is 0 Å². The second-order valence-corrected chi connectivity index (χ2v) is 6.70. The molecule has 1 aromatic carbocycles. The van der Waals surface area contributed by atoms with E-state index in [9.17, 15) is 0 Å². The second-order valence-electron chi connectivity index (χ2n) is 6.70. The van der Waals surface area contributed by atoms with Gasteiger partial charge in [-0.1, -0.05) is 45.0 Å². The lowest BCUT2D eigenvalue weighted by Gasteiger charge is -2.25. The van der Waals surface area contributed by atoms with Crippen molar-refractivity contribution in [3.63, 3.8) is 0 Å². The minimum Gasteiger partial charge on any atom is -0.385 e. The minimum atomic E-state index is 0.667. The summed E-state index contributed by atoms with van der Waals surface area (Å²) in [6.45, 7) is 12.1. The van der Waals surface area contributed by atoms with Crippen LogP contribution in [0.3, 0.4) is 0 Å². The smallest absolute Gasteiger partial charge is 0.0464 e. The van der Waals surface area contributed by atoms with Gasteiger partial charge in [-0.25, -0.2) is 0 Å². The van der Waals surface area contributed by atoms with Gasteiger partial charge >= 0.3 is 0 Å². The number of methoxy groups -OCH3 is 1. The molecular weight excluding hydrogens is 258 g/mol. The Labute approximate surface area is 131 Å². The number of ether oxygens (including phenoxy) is 1. The summed E-state index contributed by atoms with van der Waals surface area (Å²) in [6.07, 6.45) is 2.29. The van der Waals surface area contributed by atoms with Crippen molar-refractivity contribution >= 4 is 0 Å². The molecule has 0 bridgehead atoms. The van der Waals surface area contributed by atoms with Crippen molar-refractivity contribution in [1.29, 1.82) is 0 Å². The van der Waals surface area contributed by atoms with Crippen molar-refractivity contribution in [1.82, 2.24) is 5.32 Å². The molecule has 0 heterocycles. The predicted molar refractivity (Wildman–Crippen MR) is 91.7 cm³/mol. The molecule has 2 unspecified atom stereocenters. The van der Waals surface area contributed by atoms with Gasteiger partial charge in [0.15, 0.2) is 0 Å². The molecule has 0 saturated heterocycles. The van der Waals surface area contributed by atoms with Crippen LogP contribution in [0.1, 0.15) is 38.3 Å². The first kappa shape index (κ1) is 18.2. The average Bonchev–Trinajstić information content (AvgIpc) is 2.45. The summed E-state index contributed by atoms with van der Waals surface area (Å²) in [5.74, 6) is 2.04. The molecule has 0 spiro atoms. The molecule has 0 aliphatic rings. The third kappa shape index (κ3) is 7.10. The summed E-state index contributed by atoms with van der Waals surface area (Å²) in [5, 5.41) is 3.64. The van der Waals surface area contributed by atoms with Gasteiger partial charge in [-0.05, 0) is 61.7 Å². The predicted octanol–water partition coefficient (Wildman–Crippen LogP) is 4.07. The Kier molecular flexibility index (Phi) is 8.63. The molecule has 2 heteroatoms. The van der Waals surface area contributed by atoms with E-state index in [1.807, 2.05) is 0 Å². The molecule has 0 fully saturated rings. The average molecular weight is 291 g/mol. The maximum Gasteiger partial charge on any atom is 0.0464 e. The van der Waals surface area contributed by atoms with Gasteiger partial charge < -0.3 is 10.1 Å². The van der Waals surface area contributed by atoms with Crippen LogP contribution in [0.4, 0.5) is 0 Å². The second kappa shape index (κ2) is 9.97. The van der Waals surface area contributed by atoms with Gasteiger partial charge in [-0.2, -0.15) is 0 Å². The van der Waals surface area contributed by atoms with E-state index in [-0.39, 0.29) is 0 Å². The van der Waals surface area contributed by atoms with Gasteiger partial charge in [0.1, 0.15) is 0 Å². The number of aryl methyl sites for hydroxylation is 1. The molecule has 2 nitrogen and oxygen atoms in total. The van der Waals surface area contributed by atoms with Gasteiger partial charge in [-0.3, -0.25) is 0 Å². The fraction of sp³-hybridized carbons (Fsp3) is 0.684. The van der Waals surface area contributed by atoms with E-state index in [2.05, 4.69) is 57.3 Å². The Morgan fingerprint density at radius 3 is 2.43 bits per heavy atom. The molecule has 0 saturated carbocycles. The van der Waals surface area contributed by atoms with E-state index in [0.717, 1.165) is 32.5 Å². The zero-order valence-corrected chi connectivity index (χ0v) is 14.5. The van der Waals surface area contributed by atoms with Crippen LogP contribution < -0.4 is 5.32 Å². The molecule has 1 N–H and O–H groups in total. The third-order valence-corrected chi connectivity index (χ3v) is 4.28. The molecule has 1 aromatic rings. The van der Waals surface area contributed by atoms with Gasteiger partial charge in [0.2, 0.25) is 0 Å².